The average Bonchev–Trinajstić information content (AvgIpc) is 2.16. The second-order valence-electron chi connectivity index (χ2n) is 3.50. The van der Waals surface area contributed by atoms with Gasteiger partial charge >= 0.3 is 0 Å². The van der Waals surface area contributed by atoms with Gasteiger partial charge in [-0.25, -0.2) is 8.42 Å². The van der Waals surface area contributed by atoms with E-state index in [4.69, 9.17) is 23.1 Å². The molecule has 0 bridgehead atoms. The third-order valence-electron chi connectivity index (χ3n) is 2.34. The predicted molar refractivity (Wildman–Crippen MR) is 66.3 cm³/mol. The van der Waals surface area contributed by atoms with Crippen LogP contribution in [0.4, 0.5) is 5.69 Å². The van der Waals surface area contributed by atoms with Gasteiger partial charge in [0.05, 0.1) is 10.7 Å². The number of halogens is 1. The van der Waals surface area contributed by atoms with E-state index < -0.39 is 21.0 Å². The largest absolute Gasteiger partial charge is 0.398 e. The number of anilines is 1. The van der Waals surface area contributed by atoms with Gasteiger partial charge in [-0.3, -0.25) is 4.79 Å². The molecule has 0 spiro atoms. The van der Waals surface area contributed by atoms with Gasteiger partial charge in [0.2, 0.25) is 5.91 Å². The fraction of sp³-hybridized carbons (Fsp3) is 0.300. The van der Waals surface area contributed by atoms with Gasteiger partial charge in [0.1, 0.15) is 10.1 Å². The van der Waals surface area contributed by atoms with Crippen LogP contribution in [-0.4, -0.2) is 19.6 Å². The Kier molecular flexibility index (Phi) is 4.00. The molecule has 0 aliphatic rings. The maximum atomic E-state index is 12.2. The first-order valence-corrected chi connectivity index (χ1v) is 6.82. The van der Waals surface area contributed by atoms with Crippen molar-refractivity contribution < 1.29 is 13.2 Å². The number of hydrogen-bond donors (Lipinski definition) is 2. The van der Waals surface area contributed by atoms with Crippen molar-refractivity contribution in [1.82, 2.24) is 0 Å². The summed E-state index contributed by atoms with van der Waals surface area (Å²) in [6.45, 7) is 1.56. The van der Waals surface area contributed by atoms with Gasteiger partial charge < -0.3 is 11.5 Å². The van der Waals surface area contributed by atoms with E-state index in [1.807, 2.05) is 0 Å². The smallest absolute Gasteiger partial charge is 0.236 e. The van der Waals surface area contributed by atoms with Crippen molar-refractivity contribution in [2.75, 3.05) is 5.73 Å². The molecule has 17 heavy (non-hydrogen) atoms. The highest BCUT2D eigenvalue weighted by atomic mass is 35.5. The summed E-state index contributed by atoms with van der Waals surface area (Å²) >= 11 is 5.81. The molecule has 0 saturated carbocycles. The summed E-state index contributed by atoms with van der Waals surface area (Å²) in [6, 6.07) is 4.34. The molecule has 0 aromatic heterocycles. The van der Waals surface area contributed by atoms with Crippen LogP contribution in [0.25, 0.3) is 0 Å². The summed E-state index contributed by atoms with van der Waals surface area (Å²) < 4.78 is 24.4. The Morgan fingerprint density at radius 2 is 2.06 bits per heavy atom. The number of sulfone groups is 1. The zero-order chi connectivity index (χ0) is 13.2. The number of hydrogen-bond acceptors (Lipinski definition) is 4. The van der Waals surface area contributed by atoms with Crippen LogP contribution in [0.15, 0.2) is 23.1 Å². The van der Waals surface area contributed by atoms with Gasteiger partial charge in [0.25, 0.3) is 0 Å². The molecule has 1 aromatic rings. The molecule has 0 saturated heterocycles. The zero-order valence-electron chi connectivity index (χ0n) is 9.18. The lowest BCUT2D eigenvalue weighted by Crippen LogP contribution is -2.35. The van der Waals surface area contributed by atoms with Gasteiger partial charge in [-0.15, -0.1) is 0 Å². The van der Waals surface area contributed by atoms with Gasteiger partial charge in [0.15, 0.2) is 9.84 Å². The Morgan fingerprint density at radius 3 is 2.47 bits per heavy atom. The van der Waals surface area contributed by atoms with Gasteiger partial charge in [-0.2, -0.15) is 0 Å². The van der Waals surface area contributed by atoms with Gasteiger partial charge in [-0.05, 0) is 18.6 Å². The van der Waals surface area contributed by atoms with Crippen molar-refractivity contribution >= 4 is 33.0 Å². The quantitative estimate of drug-likeness (QED) is 0.799. The van der Waals surface area contributed by atoms with Crippen molar-refractivity contribution in [1.29, 1.82) is 0 Å². The number of nitrogen functional groups attached to an aromatic ring is 1. The Balaban J connectivity index is 3.46. The van der Waals surface area contributed by atoms with Crippen molar-refractivity contribution in [2.24, 2.45) is 5.73 Å². The van der Waals surface area contributed by atoms with Crippen molar-refractivity contribution in [3.63, 3.8) is 0 Å². The van der Waals surface area contributed by atoms with Crippen molar-refractivity contribution in [2.45, 2.75) is 23.5 Å². The minimum atomic E-state index is -3.94. The molecule has 0 heterocycles. The Bertz CT molecular complexity index is 522. The molecule has 1 unspecified atom stereocenters. The molecule has 4 N–H and O–H groups in total. The molecule has 0 fully saturated rings. The first kappa shape index (κ1) is 13.8. The standard InChI is InChI=1S/C10H13ClN2O3S/c1-2-8(10(13)14)17(15,16)9-6(11)4-3-5-7(9)12/h3-5,8H,2,12H2,1H3,(H2,13,14). The van der Waals surface area contributed by atoms with E-state index >= 15 is 0 Å². The summed E-state index contributed by atoms with van der Waals surface area (Å²) in [7, 11) is -3.94. The van der Waals surface area contributed by atoms with E-state index in [1.54, 1.807) is 6.92 Å². The highest BCUT2D eigenvalue weighted by molar-refractivity contribution is 7.93. The fourth-order valence-corrected chi connectivity index (χ4v) is 3.81. The van der Waals surface area contributed by atoms with E-state index in [1.165, 1.54) is 18.2 Å². The van der Waals surface area contributed by atoms with Crippen LogP contribution in [0.1, 0.15) is 13.3 Å². The topological polar surface area (TPSA) is 103 Å². The maximum absolute atomic E-state index is 12.2. The van der Waals surface area contributed by atoms with Crippen LogP contribution in [-0.2, 0) is 14.6 Å². The van der Waals surface area contributed by atoms with Crippen LogP contribution in [0.2, 0.25) is 5.02 Å². The van der Waals surface area contributed by atoms with Gasteiger partial charge in [0, 0.05) is 0 Å². The molecule has 0 radical (unpaired) electrons. The van der Waals surface area contributed by atoms with E-state index in [2.05, 4.69) is 0 Å². The van der Waals surface area contributed by atoms with Crippen LogP contribution in [0, 0.1) is 0 Å². The third-order valence-corrected chi connectivity index (χ3v) is 5.11. The first-order chi connectivity index (χ1) is 7.82. The summed E-state index contributed by atoms with van der Waals surface area (Å²) in [5.41, 5.74) is 10.7. The highest BCUT2D eigenvalue weighted by Crippen LogP contribution is 2.30. The second kappa shape index (κ2) is 4.93. The number of primary amides is 1. The number of benzene rings is 1. The normalized spacial score (nSPS) is 13.3. The van der Waals surface area contributed by atoms with Crippen LogP contribution in [0.3, 0.4) is 0 Å². The molecule has 1 rings (SSSR count). The highest BCUT2D eigenvalue weighted by Gasteiger charge is 2.33. The van der Waals surface area contributed by atoms with Crippen LogP contribution < -0.4 is 11.5 Å². The molecule has 1 amide bonds. The molecule has 1 aromatic carbocycles. The lowest BCUT2D eigenvalue weighted by atomic mass is 10.3. The Hall–Kier alpha value is -1.27. The summed E-state index contributed by atoms with van der Waals surface area (Å²) in [6.07, 6.45) is 0.0718. The van der Waals surface area contributed by atoms with Crippen LogP contribution >= 0.6 is 11.6 Å². The van der Waals surface area contributed by atoms with E-state index in [-0.39, 0.29) is 22.0 Å². The Morgan fingerprint density at radius 1 is 1.47 bits per heavy atom. The monoisotopic (exact) mass is 276 g/mol. The molecule has 7 heteroatoms. The second-order valence-corrected chi connectivity index (χ2v) is 5.98. The first-order valence-electron chi connectivity index (χ1n) is 4.89. The zero-order valence-corrected chi connectivity index (χ0v) is 10.8. The average molecular weight is 277 g/mol. The number of carbonyl (C=O) groups excluding carboxylic acids is 1. The minimum Gasteiger partial charge on any atom is -0.398 e. The van der Waals surface area contributed by atoms with Crippen LogP contribution in [0.5, 0.6) is 0 Å². The molecule has 94 valence electrons. The molecule has 0 aliphatic heterocycles. The number of amides is 1. The maximum Gasteiger partial charge on any atom is 0.236 e. The van der Waals surface area contributed by atoms with E-state index in [0.717, 1.165) is 0 Å². The van der Waals surface area contributed by atoms with Crippen molar-refractivity contribution in [3.8, 4) is 0 Å². The lowest BCUT2D eigenvalue weighted by Gasteiger charge is -2.15. The molecule has 0 aliphatic carbocycles. The lowest BCUT2D eigenvalue weighted by molar-refractivity contribution is -0.117. The molecule has 1 atom stereocenters. The van der Waals surface area contributed by atoms with Crippen molar-refractivity contribution in [3.05, 3.63) is 23.2 Å². The summed E-state index contributed by atoms with van der Waals surface area (Å²) in [5, 5.41) is -1.32. The van der Waals surface area contributed by atoms with E-state index in [9.17, 15) is 13.2 Å². The summed E-state index contributed by atoms with van der Waals surface area (Å²) in [4.78, 5) is 10.9. The van der Waals surface area contributed by atoms with E-state index in [0.29, 0.717) is 0 Å². The number of rotatable bonds is 4. The predicted octanol–water partition coefficient (Wildman–Crippen LogP) is 0.960. The number of nitrogens with two attached hydrogens (primary N) is 2. The Labute approximate surface area is 105 Å². The van der Waals surface area contributed by atoms with Gasteiger partial charge in [-0.1, -0.05) is 24.6 Å². The molecular formula is C10H13ClN2O3S. The summed E-state index contributed by atoms with van der Waals surface area (Å²) in [5.74, 6) is -0.910. The minimum absolute atomic E-state index is 0.00954. The molecule has 5 nitrogen and oxygen atoms in total. The SMILES string of the molecule is CCC(C(N)=O)S(=O)(=O)c1c(N)cccc1Cl. The molecular weight excluding hydrogens is 264 g/mol. The number of carbonyl (C=O) groups is 1. The third kappa shape index (κ3) is 2.53. The fourth-order valence-electron chi connectivity index (χ4n) is 1.54.